The number of nitrogens with zero attached hydrogens (tertiary/aromatic N) is 4. The van der Waals surface area contributed by atoms with E-state index in [4.69, 9.17) is 4.74 Å². The first-order chi connectivity index (χ1) is 15.2. The van der Waals surface area contributed by atoms with Gasteiger partial charge in [-0.15, -0.1) is 11.3 Å². The lowest BCUT2D eigenvalue weighted by Gasteiger charge is -2.29. The summed E-state index contributed by atoms with van der Waals surface area (Å²) in [6.45, 7) is 7.29. The Kier molecular flexibility index (Phi) is 8.12. The van der Waals surface area contributed by atoms with Gasteiger partial charge in [-0.25, -0.2) is 9.78 Å². The molecule has 180 valence electrons. The molecule has 0 aromatic carbocycles. The Bertz CT molecular complexity index is 921. The smallest absolute Gasteiger partial charge is 0.407 e. The zero-order valence-corrected chi connectivity index (χ0v) is 20.7. The predicted molar refractivity (Wildman–Crippen MR) is 123 cm³/mol. The van der Waals surface area contributed by atoms with E-state index in [2.05, 4.69) is 10.3 Å². The topological polar surface area (TPSA) is 112 Å². The Hall–Kier alpha value is -1.76. The molecule has 1 aromatic rings. The summed E-state index contributed by atoms with van der Waals surface area (Å²) < 4.78 is 34.1. The zero-order valence-electron chi connectivity index (χ0n) is 19.1. The van der Waals surface area contributed by atoms with Gasteiger partial charge in [0.25, 0.3) is 10.2 Å². The van der Waals surface area contributed by atoms with Crippen molar-refractivity contribution in [3.05, 3.63) is 11.1 Å². The number of thiazole rings is 1. The Morgan fingerprint density at radius 2 is 2.12 bits per heavy atom. The van der Waals surface area contributed by atoms with Crippen molar-refractivity contribution in [3.63, 3.8) is 0 Å². The summed E-state index contributed by atoms with van der Waals surface area (Å²) >= 11 is 1.36. The standard InChI is InChI=1S/C20H33N5O5S2/c1-5-9-21-20(27)30-12-8-15-13-31-19(22-15)25-16-7-11-24(17(16)14(3)18(25)26)32(28,29)23(4)10-6-2/h13-14,16-17H,5-12H2,1-4H3,(H,21,27)/t14-,16-,17+/m0/s1. The van der Waals surface area contributed by atoms with E-state index in [9.17, 15) is 18.0 Å². The van der Waals surface area contributed by atoms with Gasteiger partial charge in [-0.2, -0.15) is 17.0 Å². The molecule has 1 N–H and O–H groups in total. The summed E-state index contributed by atoms with van der Waals surface area (Å²) in [6.07, 6.45) is 2.14. The molecular weight excluding hydrogens is 454 g/mol. The third-order valence-corrected chi connectivity index (χ3v) is 8.81. The predicted octanol–water partition coefficient (Wildman–Crippen LogP) is 1.83. The number of hydrogen-bond acceptors (Lipinski definition) is 7. The fourth-order valence-corrected chi connectivity index (χ4v) is 6.99. The van der Waals surface area contributed by atoms with Gasteiger partial charge in [0.05, 0.1) is 30.3 Å². The zero-order chi connectivity index (χ0) is 23.5. The molecule has 0 radical (unpaired) electrons. The molecular formula is C20H33N5O5S2. The van der Waals surface area contributed by atoms with Crippen LogP contribution < -0.4 is 10.2 Å². The number of nitrogens with one attached hydrogen (secondary N) is 1. The van der Waals surface area contributed by atoms with Crippen LogP contribution in [0.15, 0.2) is 5.38 Å². The van der Waals surface area contributed by atoms with Crippen molar-refractivity contribution in [3.8, 4) is 0 Å². The van der Waals surface area contributed by atoms with Crippen molar-refractivity contribution < 1.29 is 22.7 Å². The molecule has 2 fully saturated rings. The molecule has 2 aliphatic rings. The maximum atomic E-state index is 13.1. The number of rotatable bonds is 10. The van der Waals surface area contributed by atoms with E-state index in [1.807, 2.05) is 19.2 Å². The molecule has 2 aliphatic heterocycles. The van der Waals surface area contributed by atoms with Crippen molar-refractivity contribution in [1.29, 1.82) is 0 Å². The highest BCUT2D eigenvalue weighted by atomic mass is 32.2. The monoisotopic (exact) mass is 487 g/mol. The Morgan fingerprint density at radius 3 is 2.81 bits per heavy atom. The Morgan fingerprint density at radius 1 is 1.38 bits per heavy atom. The summed E-state index contributed by atoms with van der Waals surface area (Å²) in [5.41, 5.74) is 0.738. The number of carbonyl (C=O) groups is 2. The molecule has 32 heavy (non-hydrogen) atoms. The summed E-state index contributed by atoms with van der Waals surface area (Å²) in [6, 6.07) is -0.623. The van der Waals surface area contributed by atoms with Crippen LogP contribution in [0, 0.1) is 5.92 Å². The molecule has 0 aliphatic carbocycles. The number of fused-ring (bicyclic) bond motifs is 1. The van der Waals surface area contributed by atoms with Crippen molar-refractivity contribution in [1.82, 2.24) is 18.9 Å². The van der Waals surface area contributed by atoms with Crippen LogP contribution in [0.2, 0.25) is 0 Å². The average molecular weight is 488 g/mol. The number of anilines is 1. The highest BCUT2D eigenvalue weighted by molar-refractivity contribution is 7.86. The van der Waals surface area contributed by atoms with Crippen LogP contribution in [0.3, 0.4) is 0 Å². The molecule has 2 amide bonds. The second-order valence-electron chi connectivity index (χ2n) is 8.22. The first kappa shape index (κ1) is 24.9. The fraction of sp³-hybridized carbons (Fsp3) is 0.750. The molecule has 0 unspecified atom stereocenters. The minimum Gasteiger partial charge on any atom is -0.449 e. The third-order valence-electron chi connectivity index (χ3n) is 5.93. The number of hydrogen-bond donors (Lipinski definition) is 1. The van der Waals surface area contributed by atoms with Crippen LogP contribution in [-0.2, 0) is 26.2 Å². The second-order valence-corrected chi connectivity index (χ2v) is 11.0. The van der Waals surface area contributed by atoms with Gasteiger partial charge in [-0.05, 0) is 19.3 Å². The lowest BCUT2D eigenvalue weighted by molar-refractivity contribution is -0.120. The van der Waals surface area contributed by atoms with Crippen molar-refractivity contribution in [2.45, 2.75) is 58.5 Å². The SMILES string of the molecule is CCCNC(=O)OCCc1csc(N2C(=O)[C@@H](C)[C@@H]3[C@@H]2CCN3S(=O)(=O)N(C)CCC)n1. The number of amides is 2. The van der Waals surface area contributed by atoms with E-state index in [1.165, 1.54) is 19.9 Å². The van der Waals surface area contributed by atoms with E-state index in [-0.39, 0.29) is 18.6 Å². The molecule has 3 heterocycles. The number of ether oxygens (including phenoxy) is 1. The van der Waals surface area contributed by atoms with Crippen LogP contribution in [-0.4, -0.2) is 79.4 Å². The van der Waals surface area contributed by atoms with E-state index < -0.39 is 28.3 Å². The maximum absolute atomic E-state index is 13.1. The number of alkyl carbamates (subject to hydrolysis) is 1. The molecule has 3 atom stereocenters. The highest BCUT2D eigenvalue weighted by Crippen LogP contribution is 2.41. The largest absolute Gasteiger partial charge is 0.449 e. The van der Waals surface area contributed by atoms with Gasteiger partial charge in [-0.3, -0.25) is 9.69 Å². The summed E-state index contributed by atoms with van der Waals surface area (Å²) in [5.74, 6) is -0.542. The summed E-state index contributed by atoms with van der Waals surface area (Å²) in [5, 5.41) is 5.07. The van der Waals surface area contributed by atoms with E-state index in [0.29, 0.717) is 37.6 Å². The van der Waals surface area contributed by atoms with E-state index in [1.54, 1.807) is 18.9 Å². The molecule has 0 saturated carbocycles. The minimum absolute atomic E-state index is 0.103. The van der Waals surface area contributed by atoms with Crippen LogP contribution in [0.25, 0.3) is 0 Å². The lowest BCUT2D eigenvalue weighted by atomic mass is 10.0. The second kappa shape index (κ2) is 10.4. The van der Waals surface area contributed by atoms with Gasteiger partial charge < -0.3 is 10.1 Å². The average Bonchev–Trinajstić information content (AvgIpc) is 3.44. The van der Waals surface area contributed by atoms with Crippen molar-refractivity contribution in [2.24, 2.45) is 5.92 Å². The molecule has 0 spiro atoms. The van der Waals surface area contributed by atoms with Crippen LogP contribution in [0.4, 0.5) is 9.93 Å². The first-order valence-electron chi connectivity index (χ1n) is 11.1. The van der Waals surface area contributed by atoms with E-state index >= 15 is 0 Å². The third kappa shape index (κ3) is 4.92. The van der Waals surface area contributed by atoms with Gasteiger partial charge in [0.1, 0.15) is 0 Å². The molecule has 3 rings (SSSR count). The molecule has 2 saturated heterocycles. The van der Waals surface area contributed by atoms with Gasteiger partial charge >= 0.3 is 6.09 Å². The van der Waals surface area contributed by atoms with Gasteiger partial charge in [0, 0.05) is 38.5 Å². The van der Waals surface area contributed by atoms with Gasteiger partial charge in [-0.1, -0.05) is 20.8 Å². The van der Waals surface area contributed by atoms with Gasteiger partial charge in [0.15, 0.2) is 5.13 Å². The van der Waals surface area contributed by atoms with Crippen LogP contribution >= 0.6 is 11.3 Å². The molecule has 1 aromatic heterocycles. The molecule has 12 heteroatoms. The first-order valence-corrected chi connectivity index (χ1v) is 13.4. The quantitative estimate of drug-likeness (QED) is 0.539. The van der Waals surface area contributed by atoms with Crippen LogP contribution in [0.1, 0.15) is 45.7 Å². The fourth-order valence-electron chi connectivity index (χ4n) is 4.33. The highest BCUT2D eigenvalue weighted by Gasteiger charge is 2.56. The number of carbonyl (C=O) groups excluding carboxylic acids is 2. The summed E-state index contributed by atoms with van der Waals surface area (Å²) in [7, 11) is -2.04. The minimum atomic E-state index is -3.62. The number of aromatic nitrogens is 1. The Labute approximate surface area is 194 Å². The molecule has 0 bridgehead atoms. The van der Waals surface area contributed by atoms with Crippen LogP contribution in [0.5, 0.6) is 0 Å². The Balaban J connectivity index is 1.68. The normalized spacial score (nSPS) is 23.7. The maximum Gasteiger partial charge on any atom is 0.407 e. The summed E-state index contributed by atoms with van der Waals surface area (Å²) in [4.78, 5) is 30.9. The van der Waals surface area contributed by atoms with Crippen molar-refractivity contribution >= 4 is 38.7 Å². The lowest BCUT2D eigenvalue weighted by Crippen LogP contribution is -2.48. The van der Waals surface area contributed by atoms with E-state index in [0.717, 1.165) is 18.5 Å². The van der Waals surface area contributed by atoms with Gasteiger partial charge in [0.2, 0.25) is 5.91 Å². The molecule has 10 nitrogen and oxygen atoms in total. The van der Waals surface area contributed by atoms with Crippen molar-refractivity contribution in [2.75, 3.05) is 38.2 Å².